The molecule has 0 N–H and O–H groups in total. The summed E-state index contributed by atoms with van der Waals surface area (Å²) in [4.78, 5) is 13.4. The minimum absolute atomic E-state index is 0.107. The summed E-state index contributed by atoms with van der Waals surface area (Å²) < 4.78 is 5.32. The number of carbonyl (C=O) groups excluding carboxylic acids is 1. The van der Waals surface area contributed by atoms with Crippen LogP contribution >= 0.6 is 0 Å². The predicted molar refractivity (Wildman–Crippen MR) is 60.0 cm³/mol. The van der Waals surface area contributed by atoms with Gasteiger partial charge in [0.15, 0.2) is 0 Å². The van der Waals surface area contributed by atoms with Crippen LogP contribution in [0.2, 0.25) is 0 Å². The zero-order valence-corrected chi connectivity index (χ0v) is 9.32. The Balaban J connectivity index is 2.91. The van der Waals surface area contributed by atoms with E-state index in [0.717, 1.165) is 5.70 Å². The molecule has 0 aromatic heterocycles. The Bertz CT molecular complexity index is 316. The number of hydrogen-bond donors (Lipinski definition) is 0. The molecule has 0 aromatic rings. The Morgan fingerprint density at radius 2 is 2.40 bits per heavy atom. The quantitative estimate of drug-likeness (QED) is 0.695. The molecule has 15 heavy (non-hydrogen) atoms. The number of carbonyl (C=O) groups is 1. The highest BCUT2D eigenvalue weighted by atomic mass is 16.5. The smallest absolute Gasteiger partial charge is 0.226 e. The van der Waals surface area contributed by atoms with Crippen molar-refractivity contribution in [3.05, 3.63) is 36.3 Å². The molecule has 0 aliphatic carbocycles. The van der Waals surface area contributed by atoms with E-state index in [9.17, 15) is 4.79 Å². The molecule has 1 saturated heterocycles. The fourth-order valence-corrected chi connectivity index (χ4v) is 1.43. The summed E-state index contributed by atoms with van der Waals surface area (Å²) in [6, 6.07) is 0. The molecule has 1 rings (SSSR count). The summed E-state index contributed by atoms with van der Waals surface area (Å²) in [5.41, 5.74) is 0.770. The normalized spacial score (nSPS) is 19.7. The van der Waals surface area contributed by atoms with Gasteiger partial charge in [0.1, 0.15) is 12.4 Å². The standard InChI is InChI=1S/C12H17NO2/c1-4-6-7-11-10(3)15-9-8-13(11)12(14)5-2/h4,6-7H,3,5,8-9H2,1-2H3/b6-4-,11-7+. The van der Waals surface area contributed by atoms with Crippen molar-refractivity contribution in [1.29, 1.82) is 0 Å². The molecule has 1 fully saturated rings. The molecule has 0 atom stereocenters. The third kappa shape index (κ3) is 2.72. The van der Waals surface area contributed by atoms with Crippen molar-refractivity contribution in [2.24, 2.45) is 0 Å². The highest BCUT2D eigenvalue weighted by molar-refractivity contribution is 5.78. The molecule has 0 radical (unpaired) electrons. The van der Waals surface area contributed by atoms with Gasteiger partial charge in [0, 0.05) is 6.42 Å². The van der Waals surface area contributed by atoms with Crippen LogP contribution in [0.25, 0.3) is 0 Å². The summed E-state index contributed by atoms with van der Waals surface area (Å²) in [7, 11) is 0. The van der Waals surface area contributed by atoms with Crippen LogP contribution in [-0.2, 0) is 9.53 Å². The molecule has 3 heteroatoms. The first-order valence-corrected chi connectivity index (χ1v) is 5.16. The zero-order valence-electron chi connectivity index (χ0n) is 9.32. The summed E-state index contributed by atoms with van der Waals surface area (Å²) in [5, 5.41) is 0. The first kappa shape index (κ1) is 11.6. The second-order valence-corrected chi connectivity index (χ2v) is 3.25. The molecule has 82 valence electrons. The van der Waals surface area contributed by atoms with Crippen molar-refractivity contribution >= 4 is 5.91 Å². The third-order valence-electron chi connectivity index (χ3n) is 2.22. The molecule has 0 spiro atoms. The average molecular weight is 207 g/mol. The number of amides is 1. The Labute approximate surface area is 90.7 Å². The number of ether oxygens (including phenoxy) is 1. The first-order valence-electron chi connectivity index (χ1n) is 5.16. The molecular weight excluding hydrogens is 190 g/mol. The lowest BCUT2D eigenvalue weighted by Crippen LogP contribution is -2.37. The van der Waals surface area contributed by atoms with E-state index in [1.54, 1.807) is 4.90 Å². The van der Waals surface area contributed by atoms with Crippen LogP contribution in [0.4, 0.5) is 0 Å². The Kier molecular flexibility index (Phi) is 4.16. The second kappa shape index (κ2) is 5.39. The Hall–Kier alpha value is -1.51. The maximum Gasteiger partial charge on any atom is 0.226 e. The van der Waals surface area contributed by atoms with Crippen molar-refractivity contribution in [1.82, 2.24) is 4.90 Å². The van der Waals surface area contributed by atoms with E-state index in [1.807, 2.05) is 32.1 Å². The van der Waals surface area contributed by atoms with E-state index in [4.69, 9.17) is 4.74 Å². The molecule has 1 amide bonds. The van der Waals surface area contributed by atoms with Crippen molar-refractivity contribution in [2.75, 3.05) is 13.2 Å². The van der Waals surface area contributed by atoms with Gasteiger partial charge in [0.2, 0.25) is 5.91 Å². The molecular formula is C12H17NO2. The van der Waals surface area contributed by atoms with Gasteiger partial charge >= 0.3 is 0 Å². The molecule has 3 nitrogen and oxygen atoms in total. The van der Waals surface area contributed by atoms with Gasteiger partial charge < -0.3 is 9.64 Å². The van der Waals surface area contributed by atoms with Crippen LogP contribution < -0.4 is 0 Å². The highest BCUT2D eigenvalue weighted by Gasteiger charge is 2.23. The summed E-state index contributed by atoms with van der Waals surface area (Å²) >= 11 is 0. The van der Waals surface area contributed by atoms with Gasteiger partial charge in [-0.1, -0.05) is 25.7 Å². The maximum atomic E-state index is 11.7. The van der Waals surface area contributed by atoms with E-state index < -0.39 is 0 Å². The van der Waals surface area contributed by atoms with Gasteiger partial charge in [-0.2, -0.15) is 0 Å². The van der Waals surface area contributed by atoms with Crippen LogP contribution in [0.1, 0.15) is 20.3 Å². The van der Waals surface area contributed by atoms with Crippen LogP contribution in [-0.4, -0.2) is 24.0 Å². The third-order valence-corrected chi connectivity index (χ3v) is 2.22. The summed E-state index contributed by atoms with van der Waals surface area (Å²) in [5.74, 6) is 0.677. The van der Waals surface area contributed by atoms with Crippen LogP contribution in [0.15, 0.2) is 36.3 Å². The fraction of sp³-hybridized carbons (Fsp3) is 0.417. The van der Waals surface area contributed by atoms with Crippen molar-refractivity contribution in [3.63, 3.8) is 0 Å². The first-order chi connectivity index (χ1) is 7.20. The van der Waals surface area contributed by atoms with Crippen molar-refractivity contribution in [3.8, 4) is 0 Å². The maximum absolute atomic E-state index is 11.7. The lowest BCUT2D eigenvalue weighted by Gasteiger charge is -2.31. The second-order valence-electron chi connectivity index (χ2n) is 3.25. The van der Waals surface area contributed by atoms with Gasteiger partial charge in [-0.25, -0.2) is 0 Å². The number of morpholine rings is 1. The minimum atomic E-state index is 0.107. The van der Waals surface area contributed by atoms with Gasteiger partial charge in [0.05, 0.1) is 12.2 Å². The van der Waals surface area contributed by atoms with Crippen molar-refractivity contribution < 1.29 is 9.53 Å². The average Bonchev–Trinajstić information content (AvgIpc) is 2.26. The van der Waals surface area contributed by atoms with Gasteiger partial charge in [-0.3, -0.25) is 4.79 Å². The van der Waals surface area contributed by atoms with Gasteiger partial charge in [-0.05, 0) is 13.0 Å². The van der Waals surface area contributed by atoms with E-state index in [2.05, 4.69) is 6.58 Å². The van der Waals surface area contributed by atoms with E-state index in [-0.39, 0.29) is 5.91 Å². The summed E-state index contributed by atoms with van der Waals surface area (Å²) in [6.07, 6.45) is 6.14. The van der Waals surface area contributed by atoms with Crippen LogP contribution in [0.3, 0.4) is 0 Å². The largest absolute Gasteiger partial charge is 0.490 e. The molecule has 0 bridgehead atoms. The molecule has 0 unspecified atom stereocenters. The molecule has 0 saturated carbocycles. The van der Waals surface area contributed by atoms with Gasteiger partial charge in [0.25, 0.3) is 0 Å². The predicted octanol–water partition coefficient (Wildman–Crippen LogP) is 2.23. The number of rotatable bonds is 2. The zero-order chi connectivity index (χ0) is 11.3. The topological polar surface area (TPSA) is 29.5 Å². The molecule has 0 aromatic carbocycles. The number of allylic oxidation sites excluding steroid dienone is 3. The Morgan fingerprint density at radius 3 is 3.00 bits per heavy atom. The summed E-state index contributed by atoms with van der Waals surface area (Å²) in [6.45, 7) is 8.71. The van der Waals surface area contributed by atoms with E-state index in [1.165, 1.54) is 0 Å². The van der Waals surface area contributed by atoms with Crippen LogP contribution in [0.5, 0.6) is 0 Å². The minimum Gasteiger partial charge on any atom is -0.490 e. The SMILES string of the molecule is C=C1OCCN(C(=O)CC)/C1=C/C=C\C. The van der Waals surface area contributed by atoms with Gasteiger partial charge in [-0.15, -0.1) is 0 Å². The number of hydrogen-bond acceptors (Lipinski definition) is 2. The molecule has 1 heterocycles. The highest BCUT2D eigenvalue weighted by Crippen LogP contribution is 2.20. The van der Waals surface area contributed by atoms with Crippen LogP contribution in [0, 0.1) is 0 Å². The van der Waals surface area contributed by atoms with E-state index >= 15 is 0 Å². The van der Waals surface area contributed by atoms with E-state index in [0.29, 0.717) is 25.3 Å². The monoisotopic (exact) mass is 207 g/mol. The lowest BCUT2D eigenvalue weighted by atomic mass is 10.2. The molecule has 1 aliphatic rings. The van der Waals surface area contributed by atoms with Crippen molar-refractivity contribution in [2.45, 2.75) is 20.3 Å². The fourth-order valence-electron chi connectivity index (χ4n) is 1.43. The Morgan fingerprint density at radius 1 is 1.67 bits per heavy atom. The molecule has 1 aliphatic heterocycles. The lowest BCUT2D eigenvalue weighted by molar-refractivity contribution is -0.130. The number of nitrogens with zero attached hydrogens (tertiary/aromatic N) is 1.